The van der Waals surface area contributed by atoms with Crippen molar-refractivity contribution in [3.63, 3.8) is 0 Å². The SMILES string of the molecule is CCC(N)(Cc1nc(Br)cs1)C(=O)N1CCCC(C(=O)O)N1. The predicted molar refractivity (Wildman–Crippen MR) is 86.2 cm³/mol. The molecule has 0 radical (unpaired) electrons. The van der Waals surface area contributed by atoms with E-state index in [0.717, 1.165) is 9.61 Å². The molecule has 7 nitrogen and oxygen atoms in total. The van der Waals surface area contributed by atoms with E-state index in [2.05, 4.69) is 26.3 Å². The van der Waals surface area contributed by atoms with Gasteiger partial charge in [0.25, 0.3) is 5.91 Å². The Bertz CT molecular complexity index is 567. The largest absolute Gasteiger partial charge is 0.480 e. The van der Waals surface area contributed by atoms with Gasteiger partial charge in [-0.3, -0.25) is 14.6 Å². The highest BCUT2D eigenvalue weighted by Crippen LogP contribution is 2.23. The minimum absolute atomic E-state index is 0.285. The molecule has 1 aliphatic rings. The summed E-state index contributed by atoms with van der Waals surface area (Å²) in [5, 5.41) is 13.1. The minimum Gasteiger partial charge on any atom is -0.480 e. The zero-order valence-corrected chi connectivity index (χ0v) is 14.6. The normalized spacial score (nSPS) is 21.4. The molecule has 0 bridgehead atoms. The van der Waals surface area contributed by atoms with Gasteiger partial charge >= 0.3 is 5.97 Å². The summed E-state index contributed by atoms with van der Waals surface area (Å²) in [6.45, 7) is 2.31. The van der Waals surface area contributed by atoms with E-state index in [1.54, 1.807) is 0 Å². The average Bonchev–Trinajstić information content (AvgIpc) is 2.91. The summed E-state index contributed by atoms with van der Waals surface area (Å²) in [4.78, 5) is 28.1. The molecule has 2 atom stereocenters. The number of nitrogens with zero attached hydrogens (tertiary/aromatic N) is 2. The van der Waals surface area contributed by atoms with Crippen LogP contribution in [0, 0.1) is 0 Å². The number of carboxylic acid groups (broad SMARTS) is 1. The lowest BCUT2D eigenvalue weighted by Crippen LogP contribution is -2.64. The molecular weight excluding hydrogens is 372 g/mol. The number of nitrogens with two attached hydrogens (primary N) is 1. The Hall–Kier alpha value is -1.03. The fraction of sp³-hybridized carbons (Fsp3) is 0.615. The first-order valence-electron chi connectivity index (χ1n) is 7.05. The first-order valence-corrected chi connectivity index (χ1v) is 8.72. The maximum Gasteiger partial charge on any atom is 0.322 e. The first-order chi connectivity index (χ1) is 10.4. The van der Waals surface area contributed by atoms with E-state index in [-0.39, 0.29) is 5.91 Å². The topological polar surface area (TPSA) is 109 Å². The number of hydrogen-bond acceptors (Lipinski definition) is 6. The number of hydrogen-bond donors (Lipinski definition) is 3. The lowest BCUT2D eigenvalue weighted by molar-refractivity contribution is -0.149. The van der Waals surface area contributed by atoms with E-state index in [1.807, 2.05) is 12.3 Å². The van der Waals surface area contributed by atoms with Gasteiger partial charge in [-0.15, -0.1) is 11.3 Å². The van der Waals surface area contributed by atoms with Crippen molar-refractivity contribution in [2.75, 3.05) is 6.54 Å². The van der Waals surface area contributed by atoms with E-state index in [0.29, 0.717) is 32.2 Å². The number of halogens is 1. The summed E-state index contributed by atoms with van der Waals surface area (Å²) >= 11 is 4.72. The van der Waals surface area contributed by atoms with Crippen LogP contribution in [0.3, 0.4) is 0 Å². The molecule has 0 spiro atoms. The predicted octanol–water partition coefficient (Wildman–Crippen LogP) is 1.14. The molecule has 1 amide bonds. The van der Waals surface area contributed by atoms with Gasteiger partial charge in [-0.05, 0) is 35.2 Å². The quantitative estimate of drug-likeness (QED) is 0.695. The number of carbonyl (C=O) groups is 2. The van der Waals surface area contributed by atoms with Gasteiger partial charge in [0, 0.05) is 18.3 Å². The van der Waals surface area contributed by atoms with Gasteiger partial charge in [0.2, 0.25) is 0 Å². The van der Waals surface area contributed by atoms with Gasteiger partial charge in [0.05, 0.1) is 5.01 Å². The maximum absolute atomic E-state index is 12.7. The first kappa shape index (κ1) is 17.3. The van der Waals surface area contributed by atoms with Crippen LogP contribution in [0.15, 0.2) is 9.98 Å². The Labute approximate surface area is 141 Å². The Morgan fingerprint density at radius 1 is 1.68 bits per heavy atom. The second-order valence-corrected chi connectivity index (χ2v) is 7.12. The van der Waals surface area contributed by atoms with E-state index >= 15 is 0 Å². The zero-order valence-electron chi connectivity index (χ0n) is 12.2. The number of carboxylic acids is 1. The monoisotopic (exact) mass is 390 g/mol. The van der Waals surface area contributed by atoms with Crippen molar-refractivity contribution in [2.45, 2.75) is 44.2 Å². The van der Waals surface area contributed by atoms with Crippen molar-refractivity contribution in [3.8, 4) is 0 Å². The summed E-state index contributed by atoms with van der Waals surface area (Å²) in [7, 11) is 0. The highest BCUT2D eigenvalue weighted by molar-refractivity contribution is 9.10. The van der Waals surface area contributed by atoms with E-state index in [4.69, 9.17) is 10.8 Å². The third-order valence-corrected chi connectivity index (χ3v) is 5.33. The van der Waals surface area contributed by atoms with Crippen LogP contribution in [0.25, 0.3) is 0 Å². The van der Waals surface area contributed by atoms with Crippen LogP contribution in [0.1, 0.15) is 31.2 Å². The van der Waals surface area contributed by atoms with E-state index in [1.165, 1.54) is 16.3 Å². The maximum atomic E-state index is 12.7. The summed E-state index contributed by atoms with van der Waals surface area (Å²) < 4.78 is 0.723. The molecule has 122 valence electrons. The van der Waals surface area contributed by atoms with Crippen molar-refractivity contribution in [2.24, 2.45) is 5.73 Å². The molecule has 22 heavy (non-hydrogen) atoms. The van der Waals surface area contributed by atoms with Gasteiger partial charge in [-0.1, -0.05) is 6.92 Å². The van der Waals surface area contributed by atoms with Crippen molar-refractivity contribution in [1.82, 2.24) is 15.4 Å². The smallest absolute Gasteiger partial charge is 0.322 e. The molecule has 1 aliphatic heterocycles. The van der Waals surface area contributed by atoms with Gasteiger partial charge in [-0.2, -0.15) is 0 Å². The Balaban J connectivity index is 2.11. The fourth-order valence-electron chi connectivity index (χ4n) is 2.37. The number of nitrogens with one attached hydrogen (secondary N) is 1. The zero-order chi connectivity index (χ0) is 16.3. The Morgan fingerprint density at radius 3 is 2.95 bits per heavy atom. The summed E-state index contributed by atoms with van der Waals surface area (Å²) in [5.41, 5.74) is 7.98. The third-order valence-electron chi connectivity index (χ3n) is 3.78. The molecule has 1 aromatic rings. The molecule has 1 fully saturated rings. The van der Waals surface area contributed by atoms with Crippen LogP contribution in [0.4, 0.5) is 0 Å². The second-order valence-electron chi connectivity index (χ2n) is 5.37. The molecule has 9 heteroatoms. The van der Waals surface area contributed by atoms with E-state index < -0.39 is 17.6 Å². The molecule has 0 saturated carbocycles. The lowest BCUT2D eigenvalue weighted by atomic mass is 9.91. The van der Waals surface area contributed by atoms with Gasteiger partial charge < -0.3 is 10.8 Å². The number of hydrazine groups is 1. The van der Waals surface area contributed by atoms with Gasteiger partial charge in [-0.25, -0.2) is 10.4 Å². The highest BCUT2D eigenvalue weighted by Gasteiger charge is 2.39. The number of aromatic nitrogens is 1. The number of aliphatic carboxylic acids is 1. The molecule has 2 unspecified atom stereocenters. The van der Waals surface area contributed by atoms with Gasteiger partial charge in [0.1, 0.15) is 16.2 Å². The minimum atomic E-state index is -1.09. The summed E-state index contributed by atoms with van der Waals surface area (Å²) in [6.07, 6.45) is 1.91. The molecule has 0 aliphatic carbocycles. The number of rotatable bonds is 5. The highest BCUT2D eigenvalue weighted by atomic mass is 79.9. The summed E-state index contributed by atoms with van der Waals surface area (Å²) in [5.74, 6) is -1.24. The summed E-state index contributed by atoms with van der Waals surface area (Å²) in [6, 6.07) is -0.743. The van der Waals surface area contributed by atoms with Crippen molar-refractivity contribution >= 4 is 39.1 Å². The average molecular weight is 391 g/mol. The number of amides is 1. The second kappa shape index (κ2) is 7.03. The standard InChI is InChI=1S/C13H19BrN4O3S/c1-2-13(15,6-10-16-9(14)7-22-10)12(21)18-5-3-4-8(17-18)11(19)20/h7-8,17H,2-6,15H2,1H3,(H,19,20). The van der Waals surface area contributed by atoms with Crippen molar-refractivity contribution in [3.05, 3.63) is 15.0 Å². The number of thiazole rings is 1. The molecule has 0 aromatic carbocycles. The molecule has 2 heterocycles. The molecule has 2 rings (SSSR count). The van der Waals surface area contributed by atoms with Gasteiger partial charge in [0.15, 0.2) is 0 Å². The molecular formula is C13H19BrN4O3S. The molecule has 4 N–H and O–H groups in total. The van der Waals surface area contributed by atoms with Crippen LogP contribution in [0.5, 0.6) is 0 Å². The molecule has 1 aromatic heterocycles. The fourth-order valence-corrected chi connectivity index (χ4v) is 3.76. The van der Waals surface area contributed by atoms with Crippen molar-refractivity contribution in [1.29, 1.82) is 0 Å². The van der Waals surface area contributed by atoms with Crippen molar-refractivity contribution < 1.29 is 14.7 Å². The molecule has 1 saturated heterocycles. The van der Waals surface area contributed by atoms with Crippen LogP contribution >= 0.6 is 27.3 Å². The Kier molecular flexibility index (Phi) is 5.54. The number of carbonyl (C=O) groups excluding carboxylic acids is 1. The van der Waals surface area contributed by atoms with Crippen LogP contribution < -0.4 is 11.2 Å². The van der Waals surface area contributed by atoms with Crippen LogP contribution in [-0.4, -0.2) is 45.1 Å². The van der Waals surface area contributed by atoms with Crippen LogP contribution in [0.2, 0.25) is 0 Å². The van der Waals surface area contributed by atoms with E-state index in [9.17, 15) is 9.59 Å². The Morgan fingerprint density at radius 2 is 2.41 bits per heavy atom. The third kappa shape index (κ3) is 3.83. The lowest BCUT2D eigenvalue weighted by Gasteiger charge is -2.37. The van der Waals surface area contributed by atoms with Crippen LogP contribution in [-0.2, 0) is 16.0 Å².